The van der Waals surface area contributed by atoms with E-state index in [9.17, 15) is 0 Å². The number of rotatable bonds is 5. The Morgan fingerprint density at radius 2 is 2.08 bits per heavy atom. The van der Waals surface area contributed by atoms with Crippen molar-refractivity contribution in [1.82, 2.24) is 14.9 Å². The van der Waals surface area contributed by atoms with Crippen LogP contribution in [0.5, 0.6) is 5.75 Å². The molecule has 4 rings (SSSR count). The number of piperidine rings is 1. The summed E-state index contributed by atoms with van der Waals surface area (Å²) in [6.45, 7) is 3.77. The first kappa shape index (κ1) is 17.2. The summed E-state index contributed by atoms with van der Waals surface area (Å²) in [7, 11) is 1.70. The predicted molar refractivity (Wildman–Crippen MR) is 100 cm³/mol. The summed E-state index contributed by atoms with van der Waals surface area (Å²) >= 11 is 0. The topological polar surface area (TPSA) is 59.5 Å². The molecular formula is C20H26N4O2. The number of benzene rings is 1. The lowest BCUT2D eigenvalue weighted by atomic mass is 9.88. The van der Waals surface area contributed by atoms with E-state index < -0.39 is 0 Å². The van der Waals surface area contributed by atoms with Crippen LogP contribution in [0.25, 0.3) is 0 Å². The van der Waals surface area contributed by atoms with Gasteiger partial charge in [-0.3, -0.25) is 4.90 Å². The van der Waals surface area contributed by atoms with Crippen LogP contribution in [-0.2, 0) is 11.3 Å². The van der Waals surface area contributed by atoms with Crippen molar-refractivity contribution in [2.45, 2.75) is 37.5 Å². The van der Waals surface area contributed by atoms with E-state index in [1.807, 2.05) is 18.2 Å². The Morgan fingerprint density at radius 1 is 1.27 bits per heavy atom. The molecule has 0 radical (unpaired) electrons. The molecule has 6 heteroatoms. The van der Waals surface area contributed by atoms with Crippen LogP contribution in [0, 0.1) is 0 Å². The Bertz CT molecular complexity index is 710. The first-order chi connectivity index (χ1) is 12.7. The van der Waals surface area contributed by atoms with Crippen molar-refractivity contribution in [3.05, 3.63) is 48.3 Å². The molecule has 138 valence electrons. The van der Waals surface area contributed by atoms with Crippen LogP contribution < -0.4 is 10.1 Å². The minimum Gasteiger partial charge on any atom is -0.497 e. The molecule has 3 heterocycles. The van der Waals surface area contributed by atoms with E-state index in [1.165, 1.54) is 12.0 Å². The van der Waals surface area contributed by atoms with Gasteiger partial charge in [0.05, 0.1) is 25.4 Å². The maximum atomic E-state index is 6.29. The zero-order chi connectivity index (χ0) is 17.8. The lowest BCUT2D eigenvalue weighted by Crippen LogP contribution is -2.47. The van der Waals surface area contributed by atoms with Crippen LogP contribution >= 0.6 is 0 Å². The number of ether oxygens (including phenoxy) is 2. The lowest BCUT2D eigenvalue weighted by molar-refractivity contribution is -0.0533. The monoisotopic (exact) mass is 354 g/mol. The van der Waals surface area contributed by atoms with E-state index >= 15 is 0 Å². The molecule has 2 atom stereocenters. The summed E-state index contributed by atoms with van der Waals surface area (Å²) in [4.78, 5) is 11.0. The highest BCUT2D eigenvalue weighted by atomic mass is 16.5. The minimum atomic E-state index is -0.0445. The first-order valence-corrected chi connectivity index (χ1v) is 9.27. The number of anilines is 1. The fourth-order valence-electron chi connectivity index (χ4n) is 4.09. The smallest absolute Gasteiger partial charge is 0.222 e. The van der Waals surface area contributed by atoms with E-state index in [0.29, 0.717) is 12.6 Å². The number of likely N-dealkylation sites (tertiary alicyclic amines) is 1. The molecule has 6 nitrogen and oxygen atoms in total. The van der Waals surface area contributed by atoms with Gasteiger partial charge in [0.15, 0.2) is 0 Å². The van der Waals surface area contributed by atoms with Crippen LogP contribution in [0.1, 0.15) is 24.8 Å². The maximum Gasteiger partial charge on any atom is 0.222 e. The van der Waals surface area contributed by atoms with Crippen molar-refractivity contribution >= 4 is 5.95 Å². The highest BCUT2D eigenvalue weighted by molar-refractivity contribution is 5.27. The number of hydrogen-bond donors (Lipinski definition) is 1. The Kier molecular flexibility index (Phi) is 5.04. The molecule has 2 saturated heterocycles. The molecule has 0 bridgehead atoms. The van der Waals surface area contributed by atoms with Crippen molar-refractivity contribution in [1.29, 1.82) is 0 Å². The number of nitrogens with one attached hydrogen (secondary N) is 1. The van der Waals surface area contributed by atoms with E-state index in [0.717, 1.165) is 38.2 Å². The summed E-state index contributed by atoms with van der Waals surface area (Å²) in [5, 5.41) is 3.41. The fraction of sp³-hybridized carbons (Fsp3) is 0.500. The summed E-state index contributed by atoms with van der Waals surface area (Å²) in [6, 6.07) is 10.5. The standard InChI is InChI=1S/C20H26N4O2/c1-25-18-6-4-16(5-7-18)13-24-11-2-8-20(15-24)12-17(14-26-20)23-19-21-9-3-10-22-19/h3-7,9-10,17H,2,8,11-15H2,1H3,(H,21,22,23)/t17-,20+/m0/s1. The third-order valence-electron chi connectivity index (χ3n) is 5.29. The van der Waals surface area contributed by atoms with Crippen LogP contribution in [0.4, 0.5) is 5.95 Å². The molecule has 26 heavy (non-hydrogen) atoms. The van der Waals surface area contributed by atoms with Gasteiger partial charge in [-0.05, 0) is 43.1 Å². The SMILES string of the molecule is COc1ccc(CN2CCC[C@@]3(C[C@H](Nc4ncccn4)CO3)C2)cc1. The van der Waals surface area contributed by atoms with Gasteiger partial charge >= 0.3 is 0 Å². The van der Waals surface area contributed by atoms with Crippen molar-refractivity contribution < 1.29 is 9.47 Å². The molecule has 2 aliphatic rings. The predicted octanol–water partition coefficient (Wildman–Crippen LogP) is 2.72. The van der Waals surface area contributed by atoms with Crippen LogP contribution in [-0.4, -0.2) is 53.3 Å². The Balaban J connectivity index is 1.35. The van der Waals surface area contributed by atoms with Crippen LogP contribution in [0.2, 0.25) is 0 Å². The zero-order valence-corrected chi connectivity index (χ0v) is 15.2. The van der Waals surface area contributed by atoms with Crippen molar-refractivity contribution in [3.63, 3.8) is 0 Å². The Labute approximate surface area is 154 Å². The fourth-order valence-corrected chi connectivity index (χ4v) is 4.09. The second-order valence-corrected chi connectivity index (χ2v) is 7.27. The van der Waals surface area contributed by atoms with E-state index in [1.54, 1.807) is 19.5 Å². The molecule has 1 N–H and O–H groups in total. The van der Waals surface area contributed by atoms with Gasteiger partial charge in [-0.2, -0.15) is 0 Å². The van der Waals surface area contributed by atoms with Gasteiger partial charge < -0.3 is 14.8 Å². The average molecular weight is 354 g/mol. The van der Waals surface area contributed by atoms with Gasteiger partial charge in [-0.1, -0.05) is 12.1 Å². The molecule has 1 aromatic carbocycles. The molecule has 2 aromatic rings. The Hall–Kier alpha value is -2.18. The number of methoxy groups -OCH3 is 1. The van der Waals surface area contributed by atoms with Gasteiger partial charge in [-0.15, -0.1) is 0 Å². The quantitative estimate of drug-likeness (QED) is 0.891. The largest absolute Gasteiger partial charge is 0.497 e. The highest BCUT2D eigenvalue weighted by Gasteiger charge is 2.43. The minimum absolute atomic E-state index is 0.0445. The van der Waals surface area contributed by atoms with Gasteiger partial charge in [0.25, 0.3) is 0 Å². The number of aromatic nitrogens is 2. The van der Waals surface area contributed by atoms with Gasteiger partial charge in [0.1, 0.15) is 5.75 Å². The Morgan fingerprint density at radius 3 is 2.85 bits per heavy atom. The molecule has 1 aromatic heterocycles. The summed E-state index contributed by atoms with van der Waals surface area (Å²) in [5.74, 6) is 1.59. The summed E-state index contributed by atoms with van der Waals surface area (Å²) < 4.78 is 11.5. The van der Waals surface area contributed by atoms with E-state index in [4.69, 9.17) is 9.47 Å². The lowest BCUT2D eigenvalue weighted by Gasteiger charge is -2.39. The maximum absolute atomic E-state index is 6.29. The normalized spacial score (nSPS) is 26.1. The summed E-state index contributed by atoms with van der Waals surface area (Å²) in [5.41, 5.74) is 1.27. The van der Waals surface area contributed by atoms with Crippen molar-refractivity contribution in [2.75, 3.05) is 32.1 Å². The van der Waals surface area contributed by atoms with Gasteiger partial charge in [-0.25, -0.2) is 9.97 Å². The van der Waals surface area contributed by atoms with Gasteiger partial charge in [0, 0.05) is 31.9 Å². The van der Waals surface area contributed by atoms with Crippen LogP contribution in [0.15, 0.2) is 42.7 Å². The van der Waals surface area contributed by atoms with Crippen LogP contribution in [0.3, 0.4) is 0 Å². The first-order valence-electron chi connectivity index (χ1n) is 9.27. The molecule has 1 spiro atoms. The molecule has 0 unspecified atom stereocenters. The molecule has 2 aliphatic heterocycles. The second-order valence-electron chi connectivity index (χ2n) is 7.27. The van der Waals surface area contributed by atoms with E-state index in [-0.39, 0.29) is 11.6 Å². The van der Waals surface area contributed by atoms with Crippen molar-refractivity contribution in [2.24, 2.45) is 0 Å². The third-order valence-corrected chi connectivity index (χ3v) is 5.29. The number of hydrogen-bond acceptors (Lipinski definition) is 6. The molecule has 0 amide bonds. The summed E-state index contributed by atoms with van der Waals surface area (Å²) in [6.07, 6.45) is 6.82. The zero-order valence-electron chi connectivity index (χ0n) is 15.2. The molecule has 0 saturated carbocycles. The van der Waals surface area contributed by atoms with E-state index in [2.05, 4.69) is 32.3 Å². The molecular weight excluding hydrogens is 328 g/mol. The van der Waals surface area contributed by atoms with Gasteiger partial charge in [0.2, 0.25) is 5.95 Å². The average Bonchev–Trinajstić information content (AvgIpc) is 3.05. The molecule has 0 aliphatic carbocycles. The highest BCUT2D eigenvalue weighted by Crippen LogP contribution is 2.36. The molecule has 2 fully saturated rings. The third kappa shape index (κ3) is 3.97. The second kappa shape index (κ2) is 7.60. The van der Waals surface area contributed by atoms with Crippen molar-refractivity contribution in [3.8, 4) is 5.75 Å². The number of nitrogens with zero attached hydrogens (tertiary/aromatic N) is 3.